The Balaban J connectivity index is 1.82. The van der Waals surface area contributed by atoms with Gasteiger partial charge in [0, 0.05) is 30.1 Å². The van der Waals surface area contributed by atoms with Gasteiger partial charge in [0.25, 0.3) is 5.56 Å². The Kier molecular flexibility index (Phi) is 4.04. The second-order valence-corrected chi connectivity index (χ2v) is 6.18. The van der Waals surface area contributed by atoms with Crippen molar-refractivity contribution >= 4 is 33.5 Å². The van der Waals surface area contributed by atoms with E-state index in [0.717, 1.165) is 0 Å². The van der Waals surface area contributed by atoms with Gasteiger partial charge in [-0.2, -0.15) is 0 Å². The Morgan fingerprint density at radius 2 is 1.93 bits per heavy atom. The molecule has 0 radical (unpaired) electrons. The summed E-state index contributed by atoms with van der Waals surface area (Å²) in [5, 5.41) is 3.85. The van der Waals surface area contributed by atoms with Crippen LogP contribution in [-0.2, 0) is 11.3 Å². The van der Waals surface area contributed by atoms with Gasteiger partial charge in [0.2, 0.25) is 5.91 Å². The third-order valence-corrected chi connectivity index (χ3v) is 4.22. The molecule has 2 aromatic carbocycles. The third kappa shape index (κ3) is 3.22. The van der Waals surface area contributed by atoms with Gasteiger partial charge in [-0.05, 0) is 29.8 Å². The molecule has 0 bridgehead atoms. The molecule has 4 aromatic rings. The molecule has 7 heteroatoms. The van der Waals surface area contributed by atoms with Gasteiger partial charge in [0.15, 0.2) is 0 Å². The molecule has 134 valence electrons. The van der Waals surface area contributed by atoms with Crippen molar-refractivity contribution in [3.63, 3.8) is 0 Å². The fraction of sp³-hybridized carbons (Fsp3) is 0.100. The van der Waals surface area contributed by atoms with Crippen molar-refractivity contribution in [1.29, 1.82) is 0 Å². The maximum atomic E-state index is 12.7. The standard InChI is InChI=1S/C20H15N3O4/c1-12(24)22-14-6-7-15-13(8-19(25)27-18(15)9-14)10-23-11-21-17-5-3-2-4-16(17)20(23)26/h2-9,11H,10H2,1H3,(H,22,24). The molecular weight excluding hydrogens is 346 g/mol. The molecule has 27 heavy (non-hydrogen) atoms. The van der Waals surface area contributed by atoms with E-state index in [0.29, 0.717) is 33.1 Å². The Labute approximate surface area is 152 Å². The maximum absolute atomic E-state index is 12.7. The maximum Gasteiger partial charge on any atom is 0.336 e. The molecule has 0 atom stereocenters. The number of hydrogen-bond acceptors (Lipinski definition) is 5. The largest absolute Gasteiger partial charge is 0.423 e. The van der Waals surface area contributed by atoms with E-state index in [1.165, 1.54) is 23.9 Å². The van der Waals surface area contributed by atoms with Crippen LogP contribution < -0.4 is 16.5 Å². The minimum Gasteiger partial charge on any atom is -0.423 e. The van der Waals surface area contributed by atoms with Crippen LogP contribution in [0.3, 0.4) is 0 Å². The highest BCUT2D eigenvalue weighted by molar-refractivity contribution is 5.92. The zero-order valence-corrected chi connectivity index (χ0v) is 14.4. The Morgan fingerprint density at radius 1 is 1.11 bits per heavy atom. The molecule has 4 rings (SSSR count). The fourth-order valence-corrected chi connectivity index (χ4v) is 3.04. The molecule has 1 N–H and O–H groups in total. The van der Waals surface area contributed by atoms with Gasteiger partial charge in [-0.25, -0.2) is 9.78 Å². The highest BCUT2D eigenvalue weighted by Gasteiger charge is 2.10. The van der Waals surface area contributed by atoms with Gasteiger partial charge in [0.1, 0.15) is 5.58 Å². The van der Waals surface area contributed by atoms with Gasteiger partial charge in [-0.3, -0.25) is 14.2 Å². The Bertz CT molecular complexity index is 1300. The first-order valence-electron chi connectivity index (χ1n) is 8.30. The van der Waals surface area contributed by atoms with E-state index in [1.807, 2.05) is 6.07 Å². The van der Waals surface area contributed by atoms with Crippen LogP contribution in [0.1, 0.15) is 12.5 Å². The molecule has 0 spiro atoms. The van der Waals surface area contributed by atoms with Crippen molar-refractivity contribution < 1.29 is 9.21 Å². The van der Waals surface area contributed by atoms with Gasteiger partial charge < -0.3 is 9.73 Å². The van der Waals surface area contributed by atoms with E-state index in [1.54, 1.807) is 36.4 Å². The molecular formula is C20H15N3O4. The number of aromatic nitrogens is 2. The van der Waals surface area contributed by atoms with Crippen LogP contribution in [-0.4, -0.2) is 15.5 Å². The van der Waals surface area contributed by atoms with Gasteiger partial charge in [-0.15, -0.1) is 0 Å². The predicted octanol–water partition coefficient (Wildman–Crippen LogP) is 2.51. The summed E-state index contributed by atoms with van der Waals surface area (Å²) in [5.41, 5.74) is 1.41. The van der Waals surface area contributed by atoms with E-state index in [-0.39, 0.29) is 18.0 Å². The zero-order valence-electron chi connectivity index (χ0n) is 14.4. The first-order valence-corrected chi connectivity index (χ1v) is 8.30. The molecule has 2 heterocycles. The lowest BCUT2D eigenvalue weighted by atomic mass is 10.1. The zero-order chi connectivity index (χ0) is 19.0. The average molecular weight is 361 g/mol. The van der Waals surface area contributed by atoms with Crippen molar-refractivity contribution in [1.82, 2.24) is 9.55 Å². The van der Waals surface area contributed by atoms with Gasteiger partial charge in [0.05, 0.1) is 23.8 Å². The van der Waals surface area contributed by atoms with Crippen LogP contribution in [0.15, 0.2) is 68.9 Å². The molecule has 0 fully saturated rings. The van der Waals surface area contributed by atoms with Crippen molar-refractivity contribution in [3.05, 3.63) is 81.2 Å². The fourth-order valence-electron chi connectivity index (χ4n) is 3.04. The van der Waals surface area contributed by atoms with E-state index in [2.05, 4.69) is 10.3 Å². The van der Waals surface area contributed by atoms with Crippen molar-refractivity contribution in [3.8, 4) is 0 Å². The lowest BCUT2D eigenvalue weighted by Gasteiger charge is -2.10. The van der Waals surface area contributed by atoms with Crippen LogP contribution in [0.2, 0.25) is 0 Å². The highest BCUT2D eigenvalue weighted by Crippen LogP contribution is 2.22. The topological polar surface area (TPSA) is 94.2 Å². The number of nitrogens with zero attached hydrogens (tertiary/aromatic N) is 2. The van der Waals surface area contributed by atoms with E-state index in [4.69, 9.17) is 4.42 Å². The molecule has 0 aliphatic heterocycles. The first-order chi connectivity index (χ1) is 13.0. The van der Waals surface area contributed by atoms with E-state index >= 15 is 0 Å². The number of amides is 1. The lowest BCUT2D eigenvalue weighted by molar-refractivity contribution is -0.114. The molecule has 0 unspecified atom stereocenters. The van der Waals surface area contributed by atoms with Crippen molar-refractivity contribution in [2.75, 3.05) is 5.32 Å². The SMILES string of the molecule is CC(=O)Nc1ccc2c(Cn3cnc4ccccc4c3=O)cc(=O)oc2c1. The van der Waals surface area contributed by atoms with Gasteiger partial charge >= 0.3 is 5.63 Å². The summed E-state index contributed by atoms with van der Waals surface area (Å²) >= 11 is 0. The minimum atomic E-state index is -0.528. The highest BCUT2D eigenvalue weighted by atomic mass is 16.4. The summed E-state index contributed by atoms with van der Waals surface area (Å²) in [6, 6.07) is 13.5. The van der Waals surface area contributed by atoms with Crippen LogP contribution in [0, 0.1) is 0 Å². The summed E-state index contributed by atoms with van der Waals surface area (Å²) < 4.78 is 6.71. The summed E-state index contributed by atoms with van der Waals surface area (Å²) in [4.78, 5) is 40.2. The van der Waals surface area contributed by atoms with Crippen LogP contribution >= 0.6 is 0 Å². The number of fused-ring (bicyclic) bond motifs is 2. The van der Waals surface area contributed by atoms with Crippen LogP contribution in [0.25, 0.3) is 21.9 Å². The second-order valence-electron chi connectivity index (χ2n) is 6.18. The van der Waals surface area contributed by atoms with Crippen LogP contribution in [0.5, 0.6) is 0 Å². The summed E-state index contributed by atoms with van der Waals surface area (Å²) in [5.74, 6) is -0.221. The smallest absolute Gasteiger partial charge is 0.336 e. The molecule has 7 nitrogen and oxygen atoms in total. The number of nitrogens with one attached hydrogen (secondary N) is 1. The normalized spacial score (nSPS) is 11.0. The number of anilines is 1. The predicted molar refractivity (Wildman–Crippen MR) is 102 cm³/mol. The van der Waals surface area contributed by atoms with Crippen LogP contribution in [0.4, 0.5) is 5.69 Å². The number of carbonyl (C=O) groups excluding carboxylic acids is 1. The molecule has 0 saturated carbocycles. The van der Waals surface area contributed by atoms with Crippen molar-refractivity contribution in [2.45, 2.75) is 13.5 Å². The lowest BCUT2D eigenvalue weighted by Crippen LogP contribution is -2.21. The summed E-state index contributed by atoms with van der Waals surface area (Å²) in [6.07, 6.45) is 1.47. The quantitative estimate of drug-likeness (QED) is 0.566. The molecule has 0 aliphatic rings. The number of carbonyl (C=O) groups is 1. The number of rotatable bonds is 3. The Hall–Kier alpha value is -3.74. The first kappa shape index (κ1) is 16.7. The molecule has 0 saturated heterocycles. The monoisotopic (exact) mass is 361 g/mol. The number of benzene rings is 2. The van der Waals surface area contributed by atoms with E-state index in [9.17, 15) is 14.4 Å². The average Bonchev–Trinajstić information content (AvgIpc) is 2.63. The molecule has 0 aliphatic carbocycles. The molecule has 1 amide bonds. The Morgan fingerprint density at radius 3 is 2.74 bits per heavy atom. The van der Waals surface area contributed by atoms with E-state index < -0.39 is 5.63 Å². The second kappa shape index (κ2) is 6.53. The number of para-hydroxylation sites is 1. The molecule has 2 aromatic heterocycles. The van der Waals surface area contributed by atoms with Crippen molar-refractivity contribution in [2.24, 2.45) is 0 Å². The third-order valence-electron chi connectivity index (χ3n) is 4.22. The summed E-state index contributed by atoms with van der Waals surface area (Å²) in [7, 11) is 0. The van der Waals surface area contributed by atoms with Gasteiger partial charge in [-0.1, -0.05) is 12.1 Å². The number of hydrogen-bond donors (Lipinski definition) is 1. The minimum absolute atomic E-state index is 0.179. The summed E-state index contributed by atoms with van der Waals surface area (Å²) in [6.45, 7) is 1.58.